The summed E-state index contributed by atoms with van der Waals surface area (Å²) in [5.74, 6) is 0.683. The van der Waals surface area contributed by atoms with E-state index in [1.54, 1.807) is 0 Å². The number of hydrogen-bond acceptors (Lipinski definition) is 3. The summed E-state index contributed by atoms with van der Waals surface area (Å²) in [6, 6.07) is 63.1. The van der Waals surface area contributed by atoms with Gasteiger partial charge in [-0.1, -0.05) is 158 Å². The highest BCUT2D eigenvalue weighted by molar-refractivity contribution is 6.18. The molecular weight excluding hydrogens is 597 g/mol. The van der Waals surface area contributed by atoms with Gasteiger partial charge in [0, 0.05) is 33.0 Å². The van der Waals surface area contributed by atoms with Gasteiger partial charge >= 0.3 is 0 Å². The molecule has 0 saturated carbocycles. The van der Waals surface area contributed by atoms with Crippen molar-refractivity contribution in [1.29, 1.82) is 0 Å². The van der Waals surface area contributed by atoms with Crippen molar-refractivity contribution >= 4 is 21.7 Å². The van der Waals surface area contributed by atoms with Crippen molar-refractivity contribution in [2.24, 2.45) is 0 Å². The number of hydrogen-bond donors (Lipinski definition) is 0. The number of para-hydroxylation sites is 1. The van der Waals surface area contributed by atoms with Gasteiger partial charge < -0.3 is 0 Å². The van der Waals surface area contributed by atoms with Crippen molar-refractivity contribution in [2.45, 2.75) is 0 Å². The Morgan fingerprint density at radius 1 is 0.408 bits per heavy atom. The highest BCUT2D eigenvalue weighted by atomic mass is 15.3. The van der Waals surface area contributed by atoms with Gasteiger partial charge in [0.1, 0.15) is 5.69 Å². The summed E-state index contributed by atoms with van der Waals surface area (Å²) in [5, 5.41) is 8.90. The third-order valence-electron chi connectivity index (χ3n) is 9.04. The predicted molar refractivity (Wildman–Crippen MR) is 201 cm³/mol. The van der Waals surface area contributed by atoms with Crippen molar-refractivity contribution in [3.8, 4) is 62.0 Å². The summed E-state index contributed by atoms with van der Waals surface area (Å²) in [4.78, 5) is 10.3. The Hall–Kier alpha value is -6.65. The van der Waals surface area contributed by atoms with Crippen molar-refractivity contribution in [2.75, 3.05) is 0 Å². The number of aromatic nitrogens is 4. The lowest BCUT2D eigenvalue weighted by Gasteiger charge is -2.13. The van der Waals surface area contributed by atoms with Gasteiger partial charge in [-0.2, -0.15) is 5.10 Å². The van der Waals surface area contributed by atoms with Crippen LogP contribution >= 0.6 is 0 Å². The standard InChI is InChI=1S/C45H30N4/c1-5-17-31(18-6-1)39-29-34-23-13-14-26-36(34)44-42(39)43(48-49(44)35-24-11-4-12-25-35)38-28-16-15-27-37(38)41-30-40(32-19-7-2-8-20-32)46-45(47-41)33-21-9-3-10-22-33/h1-30H. The summed E-state index contributed by atoms with van der Waals surface area (Å²) in [7, 11) is 0. The summed E-state index contributed by atoms with van der Waals surface area (Å²) < 4.78 is 2.11. The first-order valence-corrected chi connectivity index (χ1v) is 16.5. The first-order valence-electron chi connectivity index (χ1n) is 16.5. The SMILES string of the molecule is c1ccc(-c2cc(-c3ccccc3-c3nn(-c4ccccc4)c4c3c(-c3ccccc3)cc3ccccc34)nc(-c3ccccc3)n2)cc1. The van der Waals surface area contributed by atoms with Gasteiger partial charge in [-0.15, -0.1) is 0 Å². The third-order valence-corrected chi connectivity index (χ3v) is 9.04. The maximum Gasteiger partial charge on any atom is 0.160 e. The summed E-state index contributed by atoms with van der Waals surface area (Å²) in [5.41, 5.74) is 11.0. The lowest BCUT2D eigenvalue weighted by molar-refractivity contribution is 0.918. The molecule has 49 heavy (non-hydrogen) atoms. The van der Waals surface area contributed by atoms with Gasteiger partial charge in [0.2, 0.25) is 0 Å². The predicted octanol–water partition coefficient (Wildman–Crippen LogP) is 11.3. The van der Waals surface area contributed by atoms with Crippen LogP contribution in [0.4, 0.5) is 0 Å². The van der Waals surface area contributed by atoms with Gasteiger partial charge in [-0.05, 0) is 40.8 Å². The second-order valence-corrected chi connectivity index (χ2v) is 12.1. The molecule has 7 aromatic carbocycles. The number of rotatable bonds is 6. The zero-order chi connectivity index (χ0) is 32.6. The van der Waals surface area contributed by atoms with E-state index < -0.39 is 0 Å². The topological polar surface area (TPSA) is 43.6 Å². The fourth-order valence-corrected chi connectivity index (χ4v) is 6.75. The molecule has 230 valence electrons. The van der Waals surface area contributed by atoms with Gasteiger partial charge in [0.15, 0.2) is 5.82 Å². The second-order valence-electron chi connectivity index (χ2n) is 12.1. The minimum Gasteiger partial charge on any atom is -0.232 e. The maximum atomic E-state index is 5.49. The zero-order valence-electron chi connectivity index (χ0n) is 26.6. The van der Waals surface area contributed by atoms with Crippen LogP contribution in [0.1, 0.15) is 0 Å². The normalized spacial score (nSPS) is 11.3. The second kappa shape index (κ2) is 12.2. The Morgan fingerprint density at radius 3 is 1.67 bits per heavy atom. The Bertz CT molecular complexity index is 2520. The van der Waals surface area contributed by atoms with E-state index in [4.69, 9.17) is 15.1 Å². The molecule has 0 N–H and O–H groups in total. The lowest BCUT2D eigenvalue weighted by Crippen LogP contribution is -1.98. The molecule has 0 aliphatic rings. The van der Waals surface area contributed by atoms with Crippen LogP contribution in [-0.2, 0) is 0 Å². The average Bonchev–Trinajstić information content (AvgIpc) is 3.60. The highest BCUT2D eigenvalue weighted by Crippen LogP contribution is 2.44. The Labute approximate surface area is 284 Å². The molecule has 0 spiro atoms. The molecule has 0 fully saturated rings. The van der Waals surface area contributed by atoms with E-state index in [1.807, 2.05) is 42.5 Å². The largest absolute Gasteiger partial charge is 0.232 e. The summed E-state index contributed by atoms with van der Waals surface area (Å²) in [6.45, 7) is 0. The monoisotopic (exact) mass is 626 g/mol. The smallest absolute Gasteiger partial charge is 0.160 e. The van der Waals surface area contributed by atoms with Crippen LogP contribution in [0.2, 0.25) is 0 Å². The van der Waals surface area contributed by atoms with Gasteiger partial charge in [-0.3, -0.25) is 0 Å². The minimum absolute atomic E-state index is 0.683. The van der Waals surface area contributed by atoms with Gasteiger partial charge in [0.05, 0.1) is 22.6 Å². The molecule has 0 aliphatic carbocycles. The van der Waals surface area contributed by atoms with E-state index in [0.29, 0.717) is 5.82 Å². The molecule has 2 heterocycles. The zero-order valence-corrected chi connectivity index (χ0v) is 26.6. The molecule has 0 amide bonds. The number of nitrogens with zero attached hydrogens (tertiary/aromatic N) is 4. The molecule has 9 rings (SSSR count). The van der Waals surface area contributed by atoms with Crippen LogP contribution in [0, 0.1) is 0 Å². The Morgan fingerprint density at radius 2 is 0.959 bits per heavy atom. The third kappa shape index (κ3) is 5.16. The molecule has 0 unspecified atom stereocenters. The number of benzene rings is 7. The number of fused-ring (bicyclic) bond motifs is 3. The van der Waals surface area contributed by atoms with E-state index >= 15 is 0 Å². The fourth-order valence-electron chi connectivity index (χ4n) is 6.75. The molecule has 0 bridgehead atoms. The van der Waals surface area contributed by atoms with Crippen LogP contribution in [0.3, 0.4) is 0 Å². The quantitative estimate of drug-likeness (QED) is 0.184. The van der Waals surface area contributed by atoms with Crippen LogP contribution < -0.4 is 0 Å². The van der Waals surface area contributed by atoms with E-state index in [9.17, 15) is 0 Å². The first kappa shape index (κ1) is 28.6. The van der Waals surface area contributed by atoms with Crippen LogP contribution in [0.25, 0.3) is 83.6 Å². The van der Waals surface area contributed by atoms with Crippen LogP contribution in [0.5, 0.6) is 0 Å². The Kier molecular flexibility index (Phi) is 7.10. The average molecular weight is 627 g/mol. The fraction of sp³-hybridized carbons (Fsp3) is 0. The van der Waals surface area contributed by atoms with Gasteiger partial charge in [0.25, 0.3) is 0 Å². The van der Waals surface area contributed by atoms with Crippen molar-refractivity contribution in [1.82, 2.24) is 19.7 Å². The van der Waals surface area contributed by atoms with Crippen molar-refractivity contribution in [3.05, 3.63) is 182 Å². The Balaban J connectivity index is 1.37. The molecule has 0 radical (unpaired) electrons. The molecule has 9 aromatic rings. The molecule has 4 nitrogen and oxygen atoms in total. The molecule has 0 atom stereocenters. The highest BCUT2D eigenvalue weighted by Gasteiger charge is 2.23. The van der Waals surface area contributed by atoms with Crippen molar-refractivity contribution in [3.63, 3.8) is 0 Å². The summed E-state index contributed by atoms with van der Waals surface area (Å²) in [6.07, 6.45) is 0. The first-order chi connectivity index (χ1) is 24.3. The van der Waals surface area contributed by atoms with E-state index in [2.05, 4.69) is 144 Å². The minimum atomic E-state index is 0.683. The molecule has 0 saturated heterocycles. The van der Waals surface area contributed by atoms with E-state index in [-0.39, 0.29) is 0 Å². The molecular formula is C45H30N4. The lowest BCUT2D eigenvalue weighted by atomic mass is 9.92. The van der Waals surface area contributed by atoms with Crippen molar-refractivity contribution < 1.29 is 0 Å². The van der Waals surface area contributed by atoms with Gasteiger partial charge in [-0.25, -0.2) is 14.6 Å². The summed E-state index contributed by atoms with van der Waals surface area (Å²) >= 11 is 0. The molecule has 2 aromatic heterocycles. The van der Waals surface area contributed by atoms with Crippen LogP contribution in [-0.4, -0.2) is 19.7 Å². The van der Waals surface area contributed by atoms with Crippen LogP contribution in [0.15, 0.2) is 182 Å². The maximum absolute atomic E-state index is 5.49. The molecule has 4 heteroatoms. The molecule has 0 aliphatic heterocycles. The van der Waals surface area contributed by atoms with E-state index in [1.165, 1.54) is 5.39 Å². The van der Waals surface area contributed by atoms with E-state index in [0.717, 1.165) is 72.4 Å².